The second-order valence-corrected chi connectivity index (χ2v) is 7.67. The smallest absolute Gasteiger partial charge is 0.244 e. The SMILES string of the molecule is C/C(=N/NC(=O)Cc1ccc(C(C)(C)C)cc1)c1ccc(C)cc1C. The molecule has 0 aliphatic carbocycles. The van der Waals surface area contributed by atoms with Gasteiger partial charge in [0.05, 0.1) is 12.1 Å². The quantitative estimate of drug-likeness (QED) is 0.639. The van der Waals surface area contributed by atoms with E-state index in [4.69, 9.17) is 0 Å². The first kappa shape index (κ1) is 18.9. The molecule has 1 amide bonds. The largest absolute Gasteiger partial charge is 0.273 e. The van der Waals surface area contributed by atoms with Gasteiger partial charge in [0.15, 0.2) is 0 Å². The van der Waals surface area contributed by atoms with Crippen LogP contribution in [0.15, 0.2) is 47.6 Å². The molecule has 0 aliphatic rings. The zero-order valence-electron chi connectivity index (χ0n) is 16.1. The standard InChI is InChI=1S/C22H28N2O/c1-15-7-12-20(16(2)13-15)17(3)23-24-21(25)14-18-8-10-19(11-9-18)22(4,5)6/h7-13H,14H2,1-6H3,(H,24,25)/b23-17-. The van der Waals surface area contributed by atoms with Gasteiger partial charge in [-0.2, -0.15) is 5.10 Å². The third-order valence-electron chi connectivity index (χ3n) is 4.30. The minimum atomic E-state index is -0.104. The van der Waals surface area contributed by atoms with E-state index in [0.29, 0.717) is 6.42 Å². The minimum absolute atomic E-state index is 0.104. The molecule has 132 valence electrons. The Morgan fingerprint density at radius 1 is 1.04 bits per heavy atom. The van der Waals surface area contributed by atoms with Crippen molar-refractivity contribution in [2.24, 2.45) is 5.10 Å². The summed E-state index contributed by atoms with van der Waals surface area (Å²) in [7, 11) is 0. The van der Waals surface area contributed by atoms with Crippen LogP contribution in [0.3, 0.4) is 0 Å². The zero-order valence-corrected chi connectivity index (χ0v) is 16.1. The molecule has 0 spiro atoms. The summed E-state index contributed by atoms with van der Waals surface area (Å²) in [6.07, 6.45) is 0.327. The number of hydrazone groups is 1. The summed E-state index contributed by atoms with van der Waals surface area (Å²) in [5.74, 6) is -0.104. The highest BCUT2D eigenvalue weighted by molar-refractivity contribution is 6.00. The van der Waals surface area contributed by atoms with Crippen LogP contribution in [0.2, 0.25) is 0 Å². The third-order valence-corrected chi connectivity index (χ3v) is 4.30. The van der Waals surface area contributed by atoms with Gasteiger partial charge in [-0.05, 0) is 42.9 Å². The van der Waals surface area contributed by atoms with E-state index in [-0.39, 0.29) is 11.3 Å². The van der Waals surface area contributed by atoms with Crippen molar-refractivity contribution in [1.29, 1.82) is 0 Å². The van der Waals surface area contributed by atoms with Gasteiger partial charge in [-0.3, -0.25) is 4.79 Å². The van der Waals surface area contributed by atoms with Crippen LogP contribution >= 0.6 is 0 Å². The molecule has 2 aromatic carbocycles. The molecule has 1 N–H and O–H groups in total. The van der Waals surface area contributed by atoms with E-state index >= 15 is 0 Å². The van der Waals surface area contributed by atoms with Crippen LogP contribution < -0.4 is 5.43 Å². The van der Waals surface area contributed by atoms with E-state index in [1.54, 1.807) is 0 Å². The molecule has 0 heterocycles. The fraction of sp³-hybridized carbons (Fsp3) is 0.364. The van der Waals surface area contributed by atoms with Gasteiger partial charge in [-0.15, -0.1) is 0 Å². The molecule has 0 aliphatic heterocycles. The summed E-state index contributed by atoms with van der Waals surface area (Å²) < 4.78 is 0. The highest BCUT2D eigenvalue weighted by Gasteiger charge is 2.13. The van der Waals surface area contributed by atoms with Crippen LogP contribution in [0.5, 0.6) is 0 Å². The Kier molecular flexibility index (Phi) is 5.78. The monoisotopic (exact) mass is 336 g/mol. The zero-order chi connectivity index (χ0) is 18.6. The van der Waals surface area contributed by atoms with E-state index in [2.05, 4.69) is 69.4 Å². The van der Waals surface area contributed by atoms with Crippen molar-refractivity contribution in [3.05, 3.63) is 70.3 Å². The minimum Gasteiger partial charge on any atom is -0.273 e. The normalized spacial score (nSPS) is 12.2. The van der Waals surface area contributed by atoms with Crippen LogP contribution in [-0.2, 0) is 16.6 Å². The maximum absolute atomic E-state index is 12.2. The molecule has 2 rings (SSSR count). The predicted octanol–water partition coefficient (Wildman–Crippen LogP) is 4.68. The van der Waals surface area contributed by atoms with Gasteiger partial charge in [-0.25, -0.2) is 5.43 Å². The summed E-state index contributed by atoms with van der Waals surface area (Å²) in [6.45, 7) is 12.6. The molecule has 0 saturated carbocycles. The molecule has 0 bridgehead atoms. The van der Waals surface area contributed by atoms with E-state index in [0.717, 1.165) is 22.4 Å². The molecular weight excluding hydrogens is 308 g/mol. The lowest BCUT2D eigenvalue weighted by molar-refractivity contribution is -0.120. The van der Waals surface area contributed by atoms with Crippen molar-refractivity contribution < 1.29 is 4.79 Å². The molecule has 0 radical (unpaired) electrons. The van der Waals surface area contributed by atoms with Crippen molar-refractivity contribution in [2.45, 2.75) is 53.4 Å². The molecule has 0 atom stereocenters. The van der Waals surface area contributed by atoms with Crippen molar-refractivity contribution in [2.75, 3.05) is 0 Å². The van der Waals surface area contributed by atoms with Gasteiger partial charge in [0.1, 0.15) is 0 Å². The summed E-state index contributed by atoms with van der Waals surface area (Å²) in [5.41, 5.74) is 9.29. The molecule has 0 aromatic heterocycles. The third kappa shape index (κ3) is 5.28. The van der Waals surface area contributed by atoms with Gasteiger partial charge in [-0.1, -0.05) is 68.8 Å². The lowest BCUT2D eigenvalue weighted by Gasteiger charge is -2.19. The van der Waals surface area contributed by atoms with Gasteiger partial charge >= 0.3 is 0 Å². The molecule has 25 heavy (non-hydrogen) atoms. The van der Waals surface area contributed by atoms with E-state index < -0.39 is 0 Å². The van der Waals surface area contributed by atoms with Crippen LogP contribution in [0.25, 0.3) is 0 Å². The lowest BCUT2D eigenvalue weighted by Crippen LogP contribution is -2.21. The van der Waals surface area contributed by atoms with Gasteiger partial charge in [0, 0.05) is 5.56 Å². The molecule has 3 nitrogen and oxygen atoms in total. The number of nitrogens with zero attached hydrogens (tertiary/aromatic N) is 1. The second-order valence-electron chi connectivity index (χ2n) is 7.67. The highest BCUT2D eigenvalue weighted by Crippen LogP contribution is 2.22. The lowest BCUT2D eigenvalue weighted by atomic mass is 9.86. The fourth-order valence-electron chi connectivity index (χ4n) is 2.77. The number of nitrogens with one attached hydrogen (secondary N) is 1. The molecule has 2 aromatic rings. The summed E-state index contributed by atoms with van der Waals surface area (Å²) in [4.78, 5) is 12.2. The van der Waals surface area contributed by atoms with Crippen molar-refractivity contribution >= 4 is 11.6 Å². The van der Waals surface area contributed by atoms with E-state index in [1.165, 1.54) is 11.1 Å². The number of amides is 1. The Balaban J connectivity index is 2.00. The number of hydrogen-bond donors (Lipinski definition) is 1. The summed E-state index contributed by atoms with van der Waals surface area (Å²) in [6, 6.07) is 14.4. The van der Waals surface area contributed by atoms with Crippen LogP contribution in [0, 0.1) is 13.8 Å². The topological polar surface area (TPSA) is 41.5 Å². The number of carbonyl (C=O) groups is 1. The Morgan fingerprint density at radius 2 is 1.68 bits per heavy atom. The van der Waals surface area contributed by atoms with Gasteiger partial charge in [0.25, 0.3) is 0 Å². The number of benzene rings is 2. The molecular formula is C22H28N2O. The van der Waals surface area contributed by atoms with Crippen molar-refractivity contribution in [3.8, 4) is 0 Å². The summed E-state index contributed by atoms with van der Waals surface area (Å²) >= 11 is 0. The molecule has 0 saturated heterocycles. The molecule has 0 fully saturated rings. The first-order valence-corrected chi connectivity index (χ1v) is 8.67. The number of carbonyl (C=O) groups excluding carboxylic acids is 1. The Bertz CT molecular complexity index is 781. The average molecular weight is 336 g/mol. The maximum atomic E-state index is 12.2. The van der Waals surface area contributed by atoms with Crippen LogP contribution in [-0.4, -0.2) is 11.6 Å². The van der Waals surface area contributed by atoms with Crippen molar-refractivity contribution in [1.82, 2.24) is 5.43 Å². The second kappa shape index (κ2) is 7.64. The van der Waals surface area contributed by atoms with Gasteiger partial charge in [0.2, 0.25) is 5.91 Å². The maximum Gasteiger partial charge on any atom is 0.244 e. The van der Waals surface area contributed by atoms with Crippen molar-refractivity contribution in [3.63, 3.8) is 0 Å². The van der Waals surface area contributed by atoms with Crippen LogP contribution in [0.4, 0.5) is 0 Å². The Morgan fingerprint density at radius 3 is 2.24 bits per heavy atom. The van der Waals surface area contributed by atoms with Crippen LogP contribution in [0.1, 0.15) is 55.5 Å². The number of hydrogen-bond acceptors (Lipinski definition) is 2. The molecule has 3 heteroatoms. The first-order valence-electron chi connectivity index (χ1n) is 8.67. The van der Waals surface area contributed by atoms with Gasteiger partial charge < -0.3 is 0 Å². The number of aryl methyl sites for hydroxylation is 2. The van der Waals surface area contributed by atoms with E-state index in [9.17, 15) is 4.79 Å². The summed E-state index contributed by atoms with van der Waals surface area (Å²) in [5, 5.41) is 4.25. The highest BCUT2D eigenvalue weighted by atomic mass is 16.2. The number of rotatable bonds is 4. The first-order chi connectivity index (χ1) is 11.7. The fourth-order valence-corrected chi connectivity index (χ4v) is 2.77. The average Bonchev–Trinajstić information content (AvgIpc) is 2.52. The Hall–Kier alpha value is -2.42. The molecule has 0 unspecified atom stereocenters. The van der Waals surface area contributed by atoms with E-state index in [1.807, 2.05) is 25.1 Å². The Labute approximate surface area is 151 Å². The predicted molar refractivity (Wildman–Crippen MR) is 105 cm³/mol.